The van der Waals surface area contributed by atoms with E-state index >= 15 is 0 Å². The Balaban J connectivity index is 3.30. The number of rotatable bonds is 1. The third-order valence-corrected chi connectivity index (χ3v) is 2.35. The lowest BCUT2D eigenvalue weighted by Crippen LogP contribution is -1.91. The maximum absolute atomic E-state index is 12.7. The number of hydrogen-bond acceptors (Lipinski definition) is 1. The maximum Gasteiger partial charge on any atom is 0.148 e. The quantitative estimate of drug-likeness (QED) is 0.680. The molecular weight excluding hydrogens is 235 g/mol. The molecule has 0 fully saturated rings. The van der Waals surface area contributed by atoms with Crippen molar-refractivity contribution in [1.82, 2.24) is 0 Å². The molecule has 1 atom stereocenters. The van der Waals surface area contributed by atoms with E-state index in [2.05, 4.69) is 0 Å². The van der Waals surface area contributed by atoms with Gasteiger partial charge in [-0.2, -0.15) is 5.26 Å². The molecule has 1 nitrogen and oxygen atoms in total. The number of alkyl halides is 1. The van der Waals surface area contributed by atoms with Crippen molar-refractivity contribution in [3.05, 3.63) is 33.6 Å². The van der Waals surface area contributed by atoms with E-state index < -0.39 is 11.2 Å². The minimum atomic E-state index is -0.958. The molecule has 0 saturated heterocycles. The summed E-state index contributed by atoms with van der Waals surface area (Å²) in [7, 11) is 0. The van der Waals surface area contributed by atoms with Crippen molar-refractivity contribution < 1.29 is 4.39 Å². The van der Waals surface area contributed by atoms with E-state index in [0.717, 1.165) is 12.1 Å². The van der Waals surface area contributed by atoms with Crippen LogP contribution in [0.1, 0.15) is 10.9 Å². The molecule has 1 unspecified atom stereocenters. The number of nitrogens with zero attached hydrogens (tertiary/aromatic N) is 1. The lowest BCUT2D eigenvalue weighted by atomic mass is 10.1. The van der Waals surface area contributed by atoms with E-state index in [1.807, 2.05) is 0 Å². The molecule has 0 aliphatic heterocycles. The minimum absolute atomic E-state index is 0.0616. The average molecular weight is 238 g/mol. The molecule has 0 heterocycles. The number of hydrogen-bond donors (Lipinski definition) is 0. The highest BCUT2D eigenvalue weighted by Crippen LogP contribution is 2.34. The van der Waals surface area contributed by atoms with Gasteiger partial charge in [0.25, 0.3) is 0 Å². The van der Waals surface area contributed by atoms with Crippen LogP contribution in [-0.2, 0) is 0 Å². The molecule has 5 heteroatoms. The molecule has 0 aliphatic rings. The zero-order chi connectivity index (χ0) is 10.0. The molecule has 0 N–H and O–H groups in total. The standard InChI is InChI=1S/C8H3Cl3FN/c9-5-1-4(12)2-6(10)8(5)7(11)3-13/h1-2,7H. The number of benzene rings is 1. The van der Waals surface area contributed by atoms with Crippen LogP contribution in [0, 0.1) is 17.1 Å². The molecule has 0 amide bonds. The van der Waals surface area contributed by atoms with Gasteiger partial charge < -0.3 is 0 Å². The first-order chi connectivity index (χ1) is 6.06. The van der Waals surface area contributed by atoms with Crippen LogP contribution in [0.3, 0.4) is 0 Å². The predicted molar refractivity (Wildman–Crippen MR) is 50.6 cm³/mol. The molecule has 13 heavy (non-hydrogen) atoms. The summed E-state index contributed by atoms with van der Waals surface area (Å²) < 4.78 is 12.7. The molecule has 0 aromatic heterocycles. The van der Waals surface area contributed by atoms with Gasteiger partial charge in [-0.05, 0) is 12.1 Å². The fourth-order valence-corrected chi connectivity index (χ4v) is 1.89. The van der Waals surface area contributed by atoms with Crippen molar-refractivity contribution >= 4 is 34.8 Å². The first-order valence-corrected chi connectivity index (χ1v) is 4.43. The van der Waals surface area contributed by atoms with Gasteiger partial charge in [-0.25, -0.2) is 4.39 Å². The Morgan fingerprint density at radius 3 is 2.15 bits per heavy atom. The van der Waals surface area contributed by atoms with Crippen molar-refractivity contribution in [3.8, 4) is 6.07 Å². The summed E-state index contributed by atoms with van der Waals surface area (Å²) in [6.07, 6.45) is 0. The molecule has 1 aromatic carbocycles. The van der Waals surface area contributed by atoms with Gasteiger partial charge in [0.1, 0.15) is 11.2 Å². The highest BCUT2D eigenvalue weighted by Gasteiger charge is 2.16. The van der Waals surface area contributed by atoms with Crippen LogP contribution in [0.2, 0.25) is 10.0 Å². The van der Waals surface area contributed by atoms with Gasteiger partial charge in [-0.1, -0.05) is 23.2 Å². The Hall–Kier alpha value is -0.490. The molecule has 0 bridgehead atoms. The summed E-state index contributed by atoms with van der Waals surface area (Å²) in [6.45, 7) is 0. The van der Waals surface area contributed by atoms with E-state index in [9.17, 15) is 4.39 Å². The third-order valence-electron chi connectivity index (χ3n) is 1.41. The summed E-state index contributed by atoms with van der Waals surface area (Å²) in [4.78, 5) is 0. The van der Waals surface area contributed by atoms with Crippen molar-refractivity contribution in [1.29, 1.82) is 5.26 Å². The van der Waals surface area contributed by atoms with Gasteiger partial charge in [0.15, 0.2) is 0 Å². The molecule has 0 saturated carbocycles. The van der Waals surface area contributed by atoms with E-state index in [-0.39, 0.29) is 15.6 Å². The van der Waals surface area contributed by atoms with Crippen molar-refractivity contribution in [2.75, 3.05) is 0 Å². The number of halogens is 4. The van der Waals surface area contributed by atoms with E-state index in [0.29, 0.717) is 0 Å². The van der Waals surface area contributed by atoms with Gasteiger partial charge >= 0.3 is 0 Å². The van der Waals surface area contributed by atoms with E-state index in [1.165, 1.54) is 0 Å². The largest absolute Gasteiger partial charge is 0.207 e. The fourth-order valence-electron chi connectivity index (χ4n) is 0.860. The SMILES string of the molecule is N#CC(Cl)c1c(Cl)cc(F)cc1Cl. The van der Waals surface area contributed by atoms with Crippen LogP contribution in [0.15, 0.2) is 12.1 Å². The Labute approximate surface area is 89.6 Å². The smallest absolute Gasteiger partial charge is 0.148 e. The Kier molecular flexibility index (Phi) is 3.38. The van der Waals surface area contributed by atoms with Crippen LogP contribution >= 0.6 is 34.8 Å². The molecule has 68 valence electrons. The van der Waals surface area contributed by atoms with Crippen LogP contribution < -0.4 is 0 Å². The Bertz CT molecular complexity index is 349. The zero-order valence-electron chi connectivity index (χ0n) is 6.19. The van der Waals surface area contributed by atoms with Gasteiger partial charge in [0, 0.05) is 5.56 Å². The van der Waals surface area contributed by atoms with E-state index in [1.54, 1.807) is 6.07 Å². The average Bonchev–Trinajstić information content (AvgIpc) is 2.02. The van der Waals surface area contributed by atoms with Gasteiger partial charge in [-0.15, -0.1) is 11.6 Å². The predicted octanol–water partition coefficient (Wildman–Crippen LogP) is 3.94. The summed E-state index contributed by atoms with van der Waals surface area (Å²) in [6, 6.07) is 3.89. The highest BCUT2D eigenvalue weighted by molar-refractivity contribution is 6.38. The monoisotopic (exact) mass is 237 g/mol. The lowest BCUT2D eigenvalue weighted by molar-refractivity contribution is 0.627. The number of nitriles is 1. The normalized spacial score (nSPS) is 12.2. The van der Waals surface area contributed by atoms with Crippen LogP contribution in [0.5, 0.6) is 0 Å². The first kappa shape index (κ1) is 10.6. The second-order valence-electron chi connectivity index (χ2n) is 2.27. The summed E-state index contributed by atoms with van der Waals surface area (Å²) in [5.74, 6) is -0.555. The summed E-state index contributed by atoms with van der Waals surface area (Å²) >= 11 is 16.9. The second kappa shape index (κ2) is 4.15. The Morgan fingerprint density at radius 2 is 1.77 bits per heavy atom. The highest BCUT2D eigenvalue weighted by atomic mass is 35.5. The summed E-state index contributed by atoms with van der Waals surface area (Å²) in [5.41, 5.74) is 0.244. The van der Waals surface area contributed by atoms with Crippen LogP contribution in [0.4, 0.5) is 4.39 Å². The Morgan fingerprint density at radius 1 is 1.31 bits per heavy atom. The van der Waals surface area contributed by atoms with Crippen LogP contribution in [-0.4, -0.2) is 0 Å². The topological polar surface area (TPSA) is 23.8 Å². The molecular formula is C8H3Cl3FN. The molecule has 1 rings (SSSR count). The zero-order valence-corrected chi connectivity index (χ0v) is 8.46. The second-order valence-corrected chi connectivity index (χ2v) is 3.53. The minimum Gasteiger partial charge on any atom is -0.207 e. The lowest BCUT2D eigenvalue weighted by Gasteiger charge is -2.06. The summed E-state index contributed by atoms with van der Waals surface area (Å²) in [5, 5.41) is 7.68. The maximum atomic E-state index is 12.7. The molecule has 0 aliphatic carbocycles. The first-order valence-electron chi connectivity index (χ1n) is 3.24. The fraction of sp³-hybridized carbons (Fsp3) is 0.125. The third kappa shape index (κ3) is 2.25. The molecule has 0 spiro atoms. The molecule has 0 radical (unpaired) electrons. The van der Waals surface area contributed by atoms with Gasteiger partial charge in [-0.3, -0.25) is 0 Å². The van der Waals surface area contributed by atoms with Gasteiger partial charge in [0.2, 0.25) is 0 Å². The van der Waals surface area contributed by atoms with Gasteiger partial charge in [0.05, 0.1) is 16.1 Å². The van der Waals surface area contributed by atoms with Crippen molar-refractivity contribution in [2.45, 2.75) is 5.38 Å². The molecule has 1 aromatic rings. The van der Waals surface area contributed by atoms with Crippen LogP contribution in [0.25, 0.3) is 0 Å². The van der Waals surface area contributed by atoms with E-state index in [4.69, 9.17) is 40.1 Å². The van der Waals surface area contributed by atoms with Crippen molar-refractivity contribution in [3.63, 3.8) is 0 Å². The van der Waals surface area contributed by atoms with Crippen molar-refractivity contribution in [2.24, 2.45) is 0 Å².